The van der Waals surface area contributed by atoms with E-state index in [0.717, 1.165) is 0 Å². The van der Waals surface area contributed by atoms with Gasteiger partial charge in [-0.25, -0.2) is 0 Å². The summed E-state index contributed by atoms with van der Waals surface area (Å²) >= 11 is 0. The van der Waals surface area contributed by atoms with Crippen LogP contribution in [0.5, 0.6) is 0 Å². The predicted molar refractivity (Wildman–Crippen MR) is 18.6 cm³/mol. The Balaban J connectivity index is 3.05. The van der Waals surface area contributed by atoms with E-state index < -0.39 is 5.91 Å². The molecule has 0 atom stereocenters. The van der Waals surface area contributed by atoms with E-state index in [0.29, 0.717) is 0 Å². The molecule has 6 heavy (non-hydrogen) atoms. The summed E-state index contributed by atoms with van der Waals surface area (Å²) in [4.78, 5) is 9.57. The first kappa shape index (κ1) is 5.07. The summed E-state index contributed by atoms with van der Waals surface area (Å²) in [5.41, 5.74) is 12.1. The lowest BCUT2D eigenvalue weighted by Crippen LogP contribution is -2.13. The van der Waals surface area contributed by atoms with Crippen LogP contribution >= 0.6 is 0 Å². The summed E-state index contributed by atoms with van der Waals surface area (Å²) in [6.07, 6.45) is 0. The summed E-state index contributed by atoms with van der Waals surface area (Å²) in [5, 5.41) is 2.46. The molecule has 0 saturated carbocycles. The Morgan fingerprint density at radius 1 is 2.00 bits per heavy atom. The van der Waals surface area contributed by atoms with Crippen molar-refractivity contribution in [1.82, 2.24) is 5.53 Å². The van der Waals surface area contributed by atoms with E-state index in [-0.39, 0.29) is 6.54 Å². The summed E-state index contributed by atoms with van der Waals surface area (Å²) < 4.78 is 0. The topological polar surface area (TPSA) is 77.8 Å². The first-order chi connectivity index (χ1) is 2.77. The third kappa shape index (κ3) is 3.07. The number of carbonyl (C=O) groups is 1. The monoisotopic (exact) mass is 86.0 g/mol. The molecule has 1 radical (unpaired) electrons. The molecular formula is C2H4N3O. The first-order valence-corrected chi connectivity index (χ1v) is 1.36. The minimum Gasteiger partial charge on any atom is -0.368 e. The molecule has 2 N–H and O–H groups in total. The number of amides is 1. The second-order valence-corrected chi connectivity index (χ2v) is 0.766. The molecule has 0 fully saturated rings. The third-order valence-corrected chi connectivity index (χ3v) is 0.227. The smallest absolute Gasteiger partial charge is 0.241 e. The molecule has 0 aromatic carbocycles. The maximum atomic E-state index is 9.57. The van der Waals surface area contributed by atoms with Gasteiger partial charge >= 0.3 is 0 Å². The lowest BCUT2D eigenvalue weighted by Gasteiger charge is -1.74. The molecule has 0 unspecified atom stereocenters. The average molecular weight is 86.1 g/mol. The van der Waals surface area contributed by atoms with Crippen LogP contribution in [0.1, 0.15) is 0 Å². The highest BCUT2D eigenvalue weighted by Gasteiger charge is 1.83. The van der Waals surface area contributed by atoms with Gasteiger partial charge in [0.05, 0.1) is 0 Å². The molecule has 0 heterocycles. The zero-order valence-electron chi connectivity index (χ0n) is 3.09. The Hall–Kier alpha value is -0.930. The van der Waals surface area contributed by atoms with Crippen LogP contribution in [-0.4, -0.2) is 12.5 Å². The van der Waals surface area contributed by atoms with Gasteiger partial charge in [-0.3, -0.25) is 4.79 Å². The zero-order valence-corrected chi connectivity index (χ0v) is 3.09. The number of hydrogen-bond donors (Lipinski definition) is 1. The van der Waals surface area contributed by atoms with Crippen LogP contribution in [0.15, 0.2) is 5.11 Å². The van der Waals surface area contributed by atoms with E-state index in [1.165, 1.54) is 0 Å². The minimum absolute atomic E-state index is 0.306. The standard InChI is InChI=1S/C2H4N3O/c3-2(6)1-5-4/h1H2,(H2,3,6). The lowest BCUT2D eigenvalue weighted by molar-refractivity contribution is -0.116. The van der Waals surface area contributed by atoms with Gasteiger partial charge in [0.25, 0.3) is 0 Å². The number of hydrogen-bond acceptors (Lipinski definition) is 2. The molecular weight excluding hydrogens is 82.0 g/mol. The molecule has 1 amide bonds. The number of rotatable bonds is 2. The Morgan fingerprint density at radius 2 is 2.50 bits per heavy atom. The van der Waals surface area contributed by atoms with E-state index in [1.54, 1.807) is 0 Å². The second-order valence-electron chi connectivity index (χ2n) is 0.766. The van der Waals surface area contributed by atoms with Crippen LogP contribution in [0, 0.1) is 0 Å². The van der Waals surface area contributed by atoms with Gasteiger partial charge in [0.1, 0.15) is 6.54 Å². The SMILES string of the molecule is [N]=NCC(N)=O. The molecule has 0 aromatic heterocycles. The van der Waals surface area contributed by atoms with E-state index in [4.69, 9.17) is 5.53 Å². The van der Waals surface area contributed by atoms with Crippen molar-refractivity contribution in [2.75, 3.05) is 6.54 Å². The van der Waals surface area contributed by atoms with Gasteiger partial charge in [-0.05, 0) is 5.53 Å². The van der Waals surface area contributed by atoms with Gasteiger partial charge < -0.3 is 5.73 Å². The third-order valence-electron chi connectivity index (χ3n) is 0.227. The van der Waals surface area contributed by atoms with Crippen molar-refractivity contribution >= 4 is 5.91 Å². The maximum absolute atomic E-state index is 9.57. The molecule has 0 spiro atoms. The van der Waals surface area contributed by atoms with Gasteiger partial charge in [0.15, 0.2) is 0 Å². The minimum atomic E-state index is -0.627. The van der Waals surface area contributed by atoms with E-state index in [1.807, 2.05) is 0 Å². The molecule has 4 nitrogen and oxygen atoms in total. The molecule has 0 bridgehead atoms. The highest BCUT2D eigenvalue weighted by Crippen LogP contribution is 1.56. The van der Waals surface area contributed by atoms with Crippen LogP contribution in [-0.2, 0) is 4.79 Å². The van der Waals surface area contributed by atoms with Crippen molar-refractivity contribution in [3.8, 4) is 0 Å². The van der Waals surface area contributed by atoms with Crippen molar-refractivity contribution in [3.05, 3.63) is 0 Å². The Bertz CT molecular complexity index is 69.2. The Kier molecular flexibility index (Phi) is 1.96. The van der Waals surface area contributed by atoms with Crippen LogP contribution < -0.4 is 11.3 Å². The van der Waals surface area contributed by atoms with E-state index in [9.17, 15) is 4.79 Å². The van der Waals surface area contributed by atoms with Gasteiger partial charge in [-0.1, -0.05) is 0 Å². The van der Waals surface area contributed by atoms with Crippen LogP contribution in [0.2, 0.25) is 0 Å². The molecule has 33 valence electrons. The highest BCUT2D eigenvalue weighted by molar-refractivity contribution is 5.75. The van der Waals surface area contributed by atoms with Crippen LogP contribution in [0.4, 0.5) is 0 Å². The molecule has 0 saturated heterocycles. The van der Waals surface area contributed by atoms with Gasteiger partial charge in [-0.15, -0.1) is 0 Å². The zero-order chi connectivity index (χ0) is 4.99. The first-order valence-electron chi connectivity index (χ1n) is 1.36. The quantitative estimate of drug-likeness (QED) is 0.417. The van der Waals surface area contributed by atoms with Crippen molar-refractivity contribution in [2.45, 2.75) is 0 Å². The molecule has 4 heteroatoms. The van der Waals surface area contributed by atoms with Crippen molar-refractivity contribution in [1.29, 1.82) is 0 Å². The van der Waals surface area contributed by atoms with Crippen molar-refractivity contribution in [2.24, 2.45) is 10.8 Å². The molecule has 0 aliphatic carbocycles. The number of nitrogens with two attached hydrogens (primary N) is 1. The molecule has 0 aliphatic rings. The van der Waals surface area contributed by atoms with E-state index >= 15 is 0 Å². The molecule has 0 rings (SSSR count). The predicted octanol–water partition coefficient (Wildman–Crippen LogP) is -1.28. The van der Waals surface area contributed by atoms with E-state index in [2.05, 4.69) is 10.8 Å². The Labute approximate surface area is 34.8 Å². The van der Waals surface area contributed by atoms with Gasteiger partial charge in [0, 0.05) is 0 Å². The second kappa shape index (κ2) is 2.32. The maximum Gasteiger partial charge on any atom is 0.241 e. The average Bonchev–Trinajstić information content (AvgIpc) is 1.35. The van der Waals surface area contributed by atoms with Gasteiger partial charge in [-0.2, -0.15) is 5.11 Å². The highest BCUT2D eigenvalue weighted by atomic mass is 16.1. The fourth-order valence-corrected chi connectivity index (χ4v) is 0.0697. The van der Waals surface area contributed by atoms with Crippen molar-refractivity contribution < 1.29 is 4.79 Å². The molecule has 0 aliphatic heterocycles. The lowest BCUT2D eigenvalue weighted by atomic mass is 10.7. The summed E-state index contributed by atoms with van der Waals surface area (Å²) in [6, 6.07) is 0. The molecule has 0 aromatic rings. The van der Waals surface area contributed by atoms with Gasteiger partial charge in [0.2, 0.25) is 5.91 Å². The number of primary amides is 1. The van der Waals surface area contributed by atoms with Crippen molar-refractivity contribution in [3.63, 3.8) is 0 Å². The van der Waals surface area contributed by atoms with Crippen LogP contribution in [0.3, 0.4) is 0 Å². The largest absolute Gasteiger partial charge is 0.368 e. The normalized spacial score (nSPS) is 7.33. The summed E-state index contributed by atoms with van der Waals surface area (Å²) in [5.74, 6) is -0.627. The summed E-state index contributed by atoms with van der Waals surface area (Å²) in [7, 11) is 0. The van der Waals surface area contributed by atoms with Crippen LogP contribution in [0.25, 0.3) is 0 Å². The number of nitrogens with zero attached hydrogens (tertiary/aromatic N) is 2. The Morgan fingerprint density at radius 3 is 2.50 bits per heavy atom. The number of carbonyl (C=O) groups excluding carboxylic acids is 1. The summed E-state index contributed by atoms with van der Waals surface area (Å²) in [6.45, 7) is -0.306. The fourth-order valence-electron chi connectivity index (χ4n) is 0.0697. The fraction of sp³-hybridized carbons (Fsp3) is 0.500.